The van der Waals surface area contributed by atoms with Gasteiger partial charge in [-0.25, -0.2) is 0 Å². The third kappa shape index (κ3) is 5.65. The lowest BCUT2D eigenvalue weighted by Gasteiger charge is -2.19. The second-order valence-corrected chi connectivity index (χ2v) is 5.65. The Balaban J connectivity index is 1.99. The van der Waals surface area contributed by atoms with Crippen LogP contribution >= 0.6 is 0 Å². The molecule has 0 amide bonds. The highest BCUT2D eigenvalue weighted by Gasteiger charge is 2.29. The van der Waals surface area contributed by atoms with E-state index in [1.807, 2.05) is 37.4 Å². The maximum Gasteiger partial charge on any atom is 0.416 e. The van der Waals surface area contributed by atoms with Gasteiger partial charge in [0.2, 0.25) is 0 Å². The van der Waals surface area contributed by atoms with Crippen LogP contribution in [0.2, 0.25) is 0 Å². The molecule has 0 aliphatic heterocycles. The van der Waals surface area contributed by atoms with Crippen molar-refractivity contribution >= 4 is 0 Å². The Labute approximate surface area is 140 Å². The minimum Gasteiger partial charge on any atom is -0.369 e. The molecule has 0 heterocycles. The number of alkyl halides is 3. The number of nitrogens with one attached hydrogen (secondary N) is 1. The Bertz CT molecular complexity index is 596. The van der Waals surface area contributed by atoms with Gasteiger partial charge in [-0.15, -0.1) is 0 Å². The Kier molecular flexibility index (Phi) is 6.82. The first-order chi connectivity index (χ1) is 11.5. The molecule has 1 unspecified atom stereocenters. The van der Waals surface area contributed by atoms with Crippen LogP contribution in [0, 0.1) is 0 Å². The lowest BCUT2D eigenvalue weighted by atomic mass is 10.0. The van der Waals surface area contributed by atoms with E-state index in [0.717, 1.165) is 42.6 Å². The van der Waals surface area contributed by atoms with E-state index < -0.39 is 11.7 Å². The summed E-state index contributed by atoms with van der Waals surface area (Å²) < 4.78 is 43.7. The van der Waals surface area contributed by atoms with E-state index in [0.29, 0.717) is 0 Å². The quantitative estimate of drug-likeness (QED) is 0.687. The highest BCUT2D eigenvalue weighted by molar-refractivity contribution is 5.24. The molecule has 2 rings (SSSR count). The van der Waals surface area contributed by atoms with Crippen molar-refractivity contribution in [3.63, 3.8) is 0 Å². The van der Waals surface area contributed by atoms with E-state index in [-0.39, 0.29) is 12.7 Å². The number of hydrogen-bond donors (Lipinski definition) is 1. The molecule has 0 fully saturated rings. The molecule has 0 aromatic heterocycles. The number of ether oxygens (including phenoxy) is 1. The third-order valence-corrected chi connectivity index (χ3v) is 3.80. The van der Waals surface area contributed by atoms with Gasteiger partial charge in [0, 0.05) is 0 Å². The summed E-state index contributed by atoms with van der Waals surface area (Å²) in [6.07, 6.45) is -2.56. The van der Waals surface area contributed by atoms with Crippen LogP contribution in [0.3, 0.4) is 0 Å². The summed E-state index contributed by atoms with van der Waals surface area (Å²) in [5.74, 6) is 0. The minimum absolute atomic E-state index is 0.0677. The molecule has 2 aromatic carbocycles. The molecule has 1 atom stereocenters. The van der Waals surface area contributed by atoms with Crippen LogP contribution in [0.15, 0.2) is 54.6 Å². The second-order valence-electron chi connectivity index (χ2n) is 5.65. The van der Waals surface area contributed by atoms with Gasteiger partial charge in [-0.3, -0.25) is 0 Å². The van der Waals surface area contributed by atoms with E-state index in [2.05, 4.69) is 5.32 Å². The molecular weight excluding hydrogens is 315 g/mol. The Morgan fingerprint density at radius 2 is 1.67 bits per heavy atom. The number of halogens is 3. The molecule has 0 saturated carbocycles. The smallest absolute Gasteiger partial charge is 0.369 e. The fourth-order valence-corrected chi connectivity index (χ4v) is 2.46. The first-order valence-electron chi connectivity index (χ1n) is 7.98. The molecular formula is C19H22F3NO. The molecule has 1 N–H and O–H groups in total. The Hall–Kier alpha value is -1.85. The molecule has 5 heteroatoms. The molecule has 2 nitrogen and oxygen atoms in total. The van der Waals surface area contributed by atoms with Crippen molar-refractivity contribution in [1.82, 2.24) is 5.32 Å². The van der Waals surface area contributed by atoms with Crippen LogP contribution < -0.4 is 5.32 Å². The zero-order valence-electron chi connectivity index (χ0n) is 13.6. The first-order valence-corrected chi connectivity index (χ1v) is 7.98. The molecule has 0 radical (unpaired) electrons. The van der Waals surface area contributed by atoms with Gasteiger partial charge in [0.1, 0.15) is 0 Å². The normalized spacial score (nSPS) is 13.0. The van der Waals surface area contributed by atoms with Crippen molar-refractivity contribution in [2.24, 2.45) is 0 Å². The van der Waals surface area contributed by atoms with E-state index in [1.165, 1.54) is 12.1 Å². The number of benzene rings is 2. The summed E-state index contributed by atoms with van der Waals surface area (Å²) >= 11 is 0. The van der Waals surface area contributed by atoms with E-state index in [1.54, 1.807) is 0 Å². The van der Waals surface area contributed by atoms with Crippen molar-refractivity contribution in [1.29, 1.82) is 0 Å². The zero-order chi connectivity index (χ0) is 17.4. The predicted octanol–water partition coefficient (Wildman–Crippen LogP) is 4.96. The van der Waals surface area contributed by atoms with Crippen molar-refractivity contribution in [3.05, 3.63) is 71.3 Å². The van der Waals surface area contributed by atoms with E-state index in [9.17, 15) is 13.2 Å². The maximum atomic E-state index is 12.6. The average molecular weight is 337 g/mol. The largest absolute Gasteiger partial charge is 0.416 e. The predicted molar refractivity (Wildman–Crippen MR) is 88.6 cm³/mol. The molecule has 0 spiro atoms. The lowest BCUT2D eigenvalue weighted by molar-refractivity contribution is -0.137. The third-order valence-electron chi connectivity index (χ3n) is 3.80. The van der Waals surface area contributed by atoms with Gasteiger partial charge in [0.25, 0.3) is 0 Å². The number of rotatable bonds is 8. The van der Waals surface area contributed by atoms with Crippen molar-refractivity contribution in [3.8, 4) is 0 Å². The summed E-state index contributed by atoms with van der Waals surface area (Å²) in [7, 11) is 1.90. The molecule has 0 bridgehead atoms. The van der Waals surface area contributed by atoms with Gasteiger partial charge in [-0.05, 0) is 49.7 Å². The SMILES string of the molecule is CNCCCC(OCc1ccc(C(F)(F)F)cc1)c1ccccc1. The van der Waals surface area contributed by atoms with Gasteiger partial charge in [-0.2, -0.15) is 13.2 Å². The zero-order valence-corrected chi connectivity index (χ0v) is 13.6. The molecule has 0 aliphatic carbocycles. The van der Waals surface area contributed by atoms with Gasteiger partial charge in [0.05, 0.1) is 18.3 Å². The summed E-state index contributed by atoms with van der Waals surface area (Å²) in [6.45, 7) is 1.18. The monoisotopic (exact) mass is 337 g/mol. The Morgan fingerprint density at radius 1 is 1.00 bits per heavy atom. The summed E-state index contributed by atoms with van der Waals surface area (Å²) in [4.78, 5) is 0. The minimum atomic E-state index is -4.31. The van der Waals surface area contributed by atoms with Gasteiger partial charge < -0.3 is 10.1 Å². The van der Waals surface area contributed by atoms with Crippen LogP contribution in [0.25, 0.3) is 0 Å². The van der Waals surface area contributed by atoms with Crippen molar-refractivity contribution < 1.29 is 17.9 Å². The van der Waals surface area contributed by atoms with E-state index in [4.69, 9.17) is 4.74 Å². The number of hydrogen-bond acceptors (Lipinski definition) is 2. The van der Waals surface area contributed by atoms with Crippen LogP contribution in [-0.4, -0.2) is 13.6 Å². The standard InChI is InChI=1S/C19H22F3NO/c1-23-13-5-8-18(16-6-3-2-4-7-16)24-14-15-9-11-17(12-10-15)19(20,21)22/h2-4,6-7,9-12,18,23H,5,8,13-14H2,1H3. The highest BCUT2D eigenvalue weighted by atomic mass is 19.4. The summed E-state index contributed by atoms with van der Waals surface area (Å²) in [6, 6.07) is 15.0. The van der Waals surface area contributed by atoms with Crippen molar-refractivity contribution in [2.75, 3.05) is 13.6 Å². The van der Waals surface area contributed by atoms with Crippen LogP contribution in [0.5, 0.6) is 0 Å². The first kappa shape index (κ1) is 18.5. The second kappa shape index (κ2) is 8.85. The molecule has 130 valence electrons. The van der Waals surface area contributed by atoms with Crippen LogP contribution in [0.4, 0.5) is 13.2 Å². The fraction of sp³-hybridized carbons (Fsp3) is 0.368. The Morgan fingerprint density at radius 3 is 2.25 bits per heavy atom. The fourth-order valence-electron chi connectivity index (χ4n) is 2.46. The van der Waals surface area contributed by atoms with Gasteiger partial charge in [0.15, 0.2) is 0 Å². The molecule has 0 aliphatic rings. The lowest BCUT2D eigenvalue weighted by Crippen LogP contribution is -2.11. The van der Waals surface area contributed by atoms with Gasteiger partial charge in [-0.1, -0.05) is 42.5 Å². The summed E-state index contributed by atoms with van der Waals surface area (Å²) in [5.41, 5.74) is 1.18. The highest BCUT2D eigenvalue weighted by Crippen LogP contribution is 2.29. The van der Waals surface area contributed by atoms with Crippen LogP contribution in [-0.2, 0) is 17.5 Å². The van der Waals surface area contributed by atoms with Crippen molar-refractivity contribution in [2.45, 2.75) is 31.7 Å². The van der Waals surface area contributed by atoms with Gasteiger partial charge >= 0.3 is 6.18 Å². The molecule has 2 aromatic rings. The molecule has 0 saturated heterocycles. The van der Waals surface area contributed by atoms with Crippen LogP contribution in [0.1, 0.15) is 35.6 Å². The average Bonchev–Trinajstić information content (AvgIpc) is 2.58. The maximum absolute atomic E-state index is 12.6. The van der Waals surface area contributed by atoms with E-state index >= 15 is 0 Å². The molecule has 24 heavy (non-hydrogen) atoms. The summed E-state index contributed by atoms with van der Waals surface area (Å²) in [5, 5.41) is 3.11. The topological polar surface area (TPSA) is 21.3 Å².